The van der Waals surface area contributed by atoms with Gasteiger partial charge in [0.2, 0.25) is 10.0 Å². The van der Waals surface area contributed by atoms with E-state index in [0.717, 1.165) is 22.4 Å². The molecule has 0 aliphatic carbocycles. The summed E-state index contributed by atoms with van der Waals surface area (Å²) in [6.07, 6.45) is 3.07. The molecule has 0 saturated carbocycles. The molecule has 0 bridgehead atoms. The minimum Gasteiger partial charge on any atom is -0.321 e. The van der Waals surface area contributed by atoms with Crippen molar-refractivity contribution in [3.8, 4) is 0 Å². The van der Waals surface area contributed by atoms with Crippen molar-refractivity contribution >= 4 is 39.1 Å². The molecule has 0 unspecified atom stereocenters. The molecule has 0 fully saturated rings. The third kappa shape index (κ3) is 4.10. The average molecular weight is 364 g/mol. The summed E-state index contributed by atoms with van der Waals surface area (Å²) in [5.41, 5.74) is 2.41. The highest BCUT2D eigenvalue weighted by atomic mass is 32.2. The second-order valence-corrected chi connectivity index (χ2v) is 8.25. The van der Waals surface area contributed by atoms with Gasteiger partial charge in [-0.2, -0.15) is 0 Å². The van der Waals surface area contributed by atoms with Crippen LogP contribution < -0.4 is 9.62 Å². The van der Waals surface area contributed by atoms with E-state index in [1.165, 1.54) is 11.4 Å². The van der Waals surface area contributed by atoms with Crippen LogP contribution in [0.1, 0.15) is 15.9 Å². The summed E-state index contributed by atoms with van der Waals surface area (Å²) in [4.78, 5) is 13.5. The number of benzene rings is 2. The maximum Gasteiger partial charge on any atom is 0.255 e. The van der Waals surface area contributed by atoms with Crippen LogP contribution in [0.15, 0.2) is 47.4 Å². The third-order valence-electron chi connectivity index (χ3n) is 3.66. The van der Waals surface area contributed by atoms with Crippen molar-refractivity contribution in [3.05, 3.63) is 53.6 Å². The summed E-state index contributed by atoms with van der Waals surface area (Å²) in [7, 11) is -1.92. The van der Waals surface area contributed by atoms with Gasteiger partial charge in [-0.25, -0.2) is 8.42 Å². The number of sulfonamides is 1. The van der Waals surface area contributed by atoms with Crippen molar-refractivity contribution < 1.29 is 13.2 Å². The van der Waals surface area contributed by atoms with E-state index in [-0.39, 0.29) is 5.91 Å². The van der Waals surface area contributed by atoms with Gasteiger partial charge in [-0.15, -0.1) is 11.8 Å². The van der Waals surface area contributed by atoms with E-state index in [1.54, 1.807) is 30.0 Å². The van der Waals surface area contributed by atoms with E-state index in [1.807, 2.05) is 37.4 Å². The second kappa shape index (κ2) is 7.27. The fourth-order valence-corrected chi connectivity index (χ4v) is 3.32. The number of nitrogens with zero attached hydrogens (tertiary/aromatic N) is 1. The summed E-state index contributed by atoms with van der Waals surface area (Å²) in [5, 5.41) is 2.87. The quantitative estimate of drug-likeness (QED) is 0.826. The molecule has 0 aliphatic rings. The maximum absolute atomic E-state index is 12.5. The van der Waals surface area contributed by atoms with Crippen LogP contribution in [0.4, 0.5) is 11.4 Å². The number of anilines is 2. The number of para-hydroxylation sites is 1. The van der Waals surface area contributed by atoms with Crippen LogP contribution in [0.25, 0.3) is 0 Å². The van der Waals surface area contributed by atoms with Crippen LogP contribution in [0, 0.1) is 6.92 Å². The molecule has 1 N–H and O–H groups in total. The van der Waals surface area contributed by atoms with Gasteiger partial charge in [-0.3, -0.25) is 9.10 Å². The lowest BCUT2D eigenvalue weighted by Crippen LogP contribution is -2.26. The van der Waals surface area contributed by atoms with Crippen molar-refractivity contribution in [2.24, 2.45) is 0 Å². The van der Waals surface area contributed by atoms with E-state index in [0.29, 0.717) is 11.3 Å². The van der Waals surface area contributed by atoms with Gasteiger partial charge in [-0.1, -0.05) is 18.2 Å². The monoisotopic (exact) mass is 364 g/mol. The molecule has 0 aromatic heterocycles. The van der Waals surface area contributed by atoms with Gasteiger partial charge in [0.05, 0.1) is 17.6 Å². The van der Waals surface area contributed by atoms with Crippen LogP contribution in [-0.4, -0.2) is 33.9 Å². The number of hydrogen-bond donors (Lipinski definition) is 1. The largest absolute Gasteiger partial charge is 0.321 e. The van der Waals surface area contributed by atoms with Crippen molar-refractivity contribution in [1.29, 1.82) is 0 Å². The van der Waals surface area contributed by atoms with Gasteiger partial charge in [0.25, 0.3) is 5.91 Å². The molecule has 5 nitrogen and oxygen atoms in total. The van der Waals surface area contributed by atoms with Gasteiger partial charge in [0, 0.05) is 17.5 Å². The zero-order valence-electron chi connectivity index (χ0n) is 14.0. The predicted molar refractivity (Wildman–Crippen MR) is 101 cm³/mol. The Morgan fingerprint density at radius 1 is 1.17 bits per heavy atom. The molecule has 24 heavy (non-hydrogen) atoms. The van der Waals surface area contributed by atoms with E-state index in [9.17, 15) is 13.2 Å². The molecule has 128 valence electrons. The van der Waals surface area contributed by atoms with Crippen LogP contribution in [-0.2, 0) is 10.0 Å². The van der Waals surface area contributed by atoms with E-state index in [4.69, 9.17) is 0 Å². The smallest absolute Gasteiger partial charge is 0.255 e. The molecular weight excluding hydrogens is 344 g/mol. The molecule has 7 heteroatoms. The Hall–Kier alpha value is -1.99. The summed E-state index contributed by atoms with van der Waals surface area (Å²) < 4.78 is 24.7. The van der Waals surface area contributed by atoms with Crippen molar-refractivity contribution in [1.82, 2.24) is 0 Å². The zero-order valence-corrected chi connectivity index (χ0v) is 15.7. The van der Waals surface area contributed by atoms with E-state index in [2.05, 4.69) is 5.32 Å². The van der Waals surface area contributed by atoms with Gasteiger partial charge >= 0.3 is 0 Å². The van der Waals surface area contributed by atoms with Crippen molar-refractivity contribution in [2.45, 2.75) is 11.8 Å². The molecule has 0 atom stereocenters. The van der Waals surface area contributed by atoms with Gasteiger partial charge in [-0.05, 0) is 43.0 Å². The van der Waals surface area contributed by atoms with Gasteiger partial charge < -0.3 is 5.32 Å². The highest BCUT2D eigenvalue weighted by Crippen LogP contribution is 2.26. The summed E-state index contributed by atoms with van der Waals surface area (Å²) >= 11 is 1.54. The van der Waals surface area contributed by atoms with Crippen LogP contribution >= 0.6 is 11.8 Å². The van der Waals surface area contributed by atoms with E-state index < -0.39 is 10.0 Å². The number of thioether (sulfide) groups is 1. The minimum absolute atomic E-state index is 0.278. The number of carbonyl (C=O) groups is 1. The molecule has 2 rings (SSSR count). The maximum atomic E-state index is 12.5. The normalized spacial score (nSPS) is 11.2. The fraction of sp³-hybridized carbons (Fsp3) is 0.235. The number of rotatable bonds is 5. The summed E-state index contributed by atoms with van der Waals surface area (Å²) in [6.45, 7) is 1.81. The molecule has 0 spiro atoms. The Bertz CT molecular complexity index is 864. The lowest BCUT2D eigenvalue weighted by molar-refractivity contribution is 0.102. The third-order valence-corrected chi connectivity index (χ3v) is 5.65. The molecule has 2 aromatic carbocycles. The molecule has 0 saturated heterocycles. The second-order valence-electron chi connectivity index (χ2n) is 5.39. The van der Waals surface area contributed by atoms with Crippen LogP contribution in [0.2, 0.25) is 0 Å². The number of aryl methyl sites for hydroxylation is 1. The molecule has 0 heterocycles. The lowest BCUT2D eigenvalue weighted by Gasteiger charge is -2.20. The van der Waals surface area contributed by atoms with Crippen molar-refractivity contribution in [2.75, 3.05) is 29.2 Å². The Balaban J connectivity index is 2.34. The summed E-state index contributed by atoms with van der Waals surface area (Å²) in [6, 6.07) is 12.5. The highest BCUT2D eigenvalue weighted by Gasteiger charge is 2.17. The highest BCUT2D eigenvalue weighted by molar-refractivity contribution is 7.98. The van der Waals surface area contributed by atoms with Gasteiger partial charge in [0.1, 0.15) is 0 Å². The first-order chi connectivity index (χ1) is 11.2. The number of amides is 1. The number of hydrogen-bond acceptors (Lipinski definition) is 4. The lowest BCUT2D eigenvalue weighted by atomic mass is 10.1. The van der Waals surface area contributed by atoms with Crippen LogP contribution in [0.5, 0.6) is 0 Å². The first-order valence-electron chi connectivity index (χ1n) is 7.23. The SMILES string of the molecule is CSc1ccccc1NC(=O)c1ccc(C)c(N(C)S(C)(=O)=O)c1. The Labute approximate surface area is 147 Å². The molecule has 0 aliphatic heterocycles. The van der Waals surface area contributed by atoms with E-state index >= 15 is 0 Å². The zero-order chi connectivity index (χ0) is 17.9. The molecular formula is C17H20N2O3S2. The van der Waals surface area contributed by atoms with Crippen molar-refractivity contribution in [3.63, 3.8) is 0 Å². The number of carbonyl (C=O) groups excluding carboxylic acids is 1. The molecule has 2 aromatic rings. The summed E-state index contributed by atoms with van der Waals surface area (Å²) in [5.74, 6) is -0.278. The fourth-order valence-electron chi connectivity index (χ4n) is 2.21. The molecule has 0 radical (unpaired) electrons. The Morgan fingerprint density at radius 3 is 2.46 bits per heavy atom. The minimum atomic E-state index is -3.39. The number of nitrogens with one attached hydrogen (secondary N) is 1. The van der Waals surface area contributed by atoms with Gasteiger partial charge in [0.15, 0.2) is 0 Å². The predicted octanol–water partition coefficient (Wildman–Crippen LogP) is 3.37. The molecule has 1 amide bonds. The Morgan fingerprint density at radius 2 is 1.83 bits per heavy atom. The average Bonchev–Trinajstić information content (AvgIpc) is 2.54. The topological polar surface area (TPSA) is 66.5 Å². The standard InChI is InChI=1S/C17H20N2O3S2/c1-12-9-10-13(11-15(12)19(2)24(4,21)22)17(20)18-14-7-5-6-8-16(14)23-3/h5-11H,1-4H3,(H,18,20). The first kappa shape index (κ1) is 18.4. The Kier molecular flexibility index (Phi) is 5.56. The van der Waals surface area contributed by atoms with Crippen LogP contribution in [0.3, 0.4) is 0 Å². The first-order valence-corrected chi connectivity index (χ1v) is 10.3.